The molecule has 0 radical (unpaired) electrons. The first-order valence-electron chi connectivity index (χ1n) is 6.69. The summed E-state index contributed by atoms with van der Waals surface area (Å²) >= 11 is 0. The molecule has 0 aromatic rings. The normalized spacial score (nSPS) is 17.0. The lowest BCUT2D eigenvalue weighted by molar-refractivity contribution is -0.269. The summed E-state index contributed by atoms with van der Waals surface area (Å²) in [5.41, 5.74) is -6.21. The Balaban J connectivity index is 5.46. The fraction of sp³-hybridized carbons (Fsp3) is 0.846. The van der Waals surface area contributed by atoms with Crippen LogP contribution in [-0.2, 0) is 19.1 Å². The smallest absolute Gasteiger partial charge is 0.437 e. The van der Waals surface area contributed by atoms with Crippen molar-refractivity contribution in [2.45, 2.75) is 58.2 Å². The molecule has 0 saturated carbocycles. The van der Waals surface area contributed by atoms with Gasteiger partial charge in [0, 0.05) is 0 Å². The molecule has 4 nitrogen and oxygen atoms in total. The Kier molecular flexibility index (Phi) is 6.68. The van der Waals surface area contributed by atoms with Crippen molar-refractivity contribution in [2.75, 3.05) is 6.61 Å². The van der Waals surface area contributed by atoms with Gasteiger partial charge < -0.3 is 9.47 Å². The van der Waals surface area contributed by atoms with Crippen LogP contribution in [-0.4, -0.2) is 42.7 Å². The lowest BCUT2D eigenvalue weighted by Gasteiger charge is -2.32. The number of hydrogen-bond acceptors (Lipinski definition) is 4. The van der Waals surface area contributed by atoms with Gasteiger partial charge in [0.25, 0.3) is 0 Å². The first kappa shape index (κ1) is 22.4. The molecule has 0 rings (SSSR count). The van der Waals surface area contributed by atoms with E-state index in [1.807, 2.05) is 0 Å². The van der Waals surface area contributed by atoms with E-state index in [-0.39, 0.29) is 6.42 Å². The SMILES string of the molecule is CCC(C)(C)C(=O)OC(C)C(F)(C(=O)OCC(F)(F)F)C(F)(F)F. The van der Waals surface area contributed by atoms with E-state index in [1.165, 1.54) is 20.8 Å². The molecule has 0 fully saturated rings. The van der Waals surface area contributed by atoms with Crippen molar-refractivity contribution < 1.29 is 49.8 Å². The predicted octanol–water partition coefficient (Wildman–Crippen LogP) is 3.73. The van der Waals surface area contributed by atoms with Crippen LogP contribution in [0.3, 0.4) is 0 Å². The number of hydrogen-bond donors (Lipinski definition) is 0. The molecule has 2 unspecified atom stereocenters. The van der Waals surface area contributed by atoms with E-state index >= 15 is 0 Å². The fourth-order valence-electron chi connectivity index (χ4n) is 1.31. The average Bonchev–Trinajstić information content (AvgIpc) is 2.41. The van der Waals surface area contributed by atoms with Crippen LogP contribution in [0.2, 0.25) is 0 Å². The zero-order valence-electron chi connectivity index (χ0n) is 13.3. The molecule has 0 aliphatic heterocycles. The van der Waals surface area contributed by atoms with Crippen LogP contribution in [0.25, 0.3) is 0 Å². The first-order chi connectivity index (χ1) is 10.5. The highest BCUT2D eigenvalue weighted by atomic mass is 19.4. The second-order valence-corrected chi connectivity index (χ2v) is 5.69. The monoisotopic (exact) mass is 370 g/mol. The van der Waals surface area contributed by atoms with Gasteiger partial charge in [0.15, 0.2) is 12.7 Å². The highest BCUT2D eigenvalue weighted by Crippen LogP contribution is 2.40. The number of alkyl halides is 7. The summed E-state index contributed by atoms with van der Waals surface area (Å²) in [4.78, 5) is 23.0. The van der Waals surface area contributed by atoms with Crippen LogP contribution in [0.1, 0.15) is 34.1 Å². The van der Waals surface area contributed by atoms with E-state index in [9.17, 15) is 40.3 Å². The summed E-state index contributed by atoms with van der Waals surface area (Å²) in [5.74, 6) is -4.07. The largest absolute Gasteiger partial charge is 0.458 e. The second-order valence-electron chi connectivity index (χ2n) is 5.69. The number of esters is 2. The quantitative estimate of drug-likeness (QED) is 0.528. The Labute approximate surface area is 133 Å². The van der Waals surface area contributed by atoms with Crippen molar-refractivity contribution in [1.82, 2.24) is 0 Å². The zero-order chi connectivity index (χ0) is 19.6. The number of ether oxygens (including phenoxy) is 2. The highest BCUT2D eigenvalue weighted by molar-refractivity contribution is 5.83. The van der Waals surface area contributed by atoms with Crippen LogP contribution in [0.4, 0.5) is 30.7 Å². The maximum Gasteiger partial charge on any atom is 0.437 e. The zero-order valence-corrected chi connectivity index (χ0v) is 13.3. The van der Waals surface area contributed by atoms with Gasteiger partial charge >= 0.3 is 30.0 Å². The van der Waals surface area contributed by atoms with Crippen molar-refractivity contribution in [3.05, 3.63) is 0 Å². The summed E-state index contributed by atoms with van der Waals surface area (Å²) in [7, 11) is 0. The van der Waals surface area contributed by atoms with Gasteiger partial charge in [-0.3, -0.25) is 4.79 Å². The number of rotatable bonds is 6. The number of carbonyl (C=O) groups is 2. The van der Waals surface area contributed by atoms with Crippen molar-refractivity contribution in [3.8, 4) is 0 Å². The van der Waals surface area contributed by atoms with Gasteiger partial charge in [-0.25, -0.2) is 9.18 Å². The molecule has 2 atom stereocenters. The van der Waals surface area contributed by atoms with Gasteiger partial charge in [0.2, 0.25) is 0 Å². The third-order valence-electron chi connectivity index (χ3n) is 3.36. The molecule has 142 valence electrons. The molecule has 11 heteroatoms. The summed E-state index contributed by atoms with van der Waals surface area (Å²) in [6.07, 6.45) is -13.7. The molecule has 0 aromatic carbocycles. The summed E-state index contributed by atoms with van der Waals surface area (Å²) in [6, 6.07) is 0. The predicted molar refractivity (Wildman–Crippen MR) is 66.5 cm³/mol. The Morgan fingerprint density at radius 2 is 1.42 bits per heavy atom. The van der Waals surface area contributed by atoms with Gasteiger partial charge in [-0.1, -0.05) is 6.92 Å². The molecule has 0 bridgehead atoms. The van der Waals surface area contributed by atoms with Gasteiger partial charge in [-0.05, 0) is 27.2 Å². The minimum absolute atomic E-state index is 0.127. The third-order valence-corrected chi connectivity index (χ3v) is 3.36. The van der Waals surface area contributed by atoms with E-state index in [4.69, 9.17) is 0 Å². The molecule has 0 aliphatic carbocycles. The van der Waals surface area contributed by atoms with Crippen molar-refractivity contribution in [3.63, 3.8) is 0 Å². The molecule has 0 aromatic heterocycles. The second kappa shape index (κ2) is 7.14. The Bertz CT molecular complexity index is 470. The van der Waals surface area contributed by atoms with Gasteiger partial charge in [0.1, 0.15) is 0 Å². The van der Waals surface area contributed by atoms with E-state index < -0.39 is 48.1 Å². The minimum atomic E-state index is -5.95. The summed E-state index contributed by atoms with van der Waals surface area (Å²) in [6.45, 7) is 2.12. The lowest BCUT2D eigenvalue weighted by atomic mass is 9.90. The van der Waals surface area contributed by atoms with Crippen LogP contribution in [0.15, 0.2) is 0 Å². The van der Waals surface area contributed by atoms with Crippen molar-refractivity contribution in [2.24, 2.45) is 5.41 Å². The van der Waals surface area contributed by atoms with E-state index in [0.717, 1.165) is 0 Å². The molecular weight excluding hydrogens is 353 g/mol. The third kappa shape index (κ3) is 5.23. The van der Waals surface area contributed by atoms with E-state index in [2.05, 4.69) is 9.47 Å². The molecule has 0 spiro atoms. The van der Waals surface area contributed by atoms with Gasteiger partial charge in [-0.2, -0.15) is 26.3 Å². The molecule has 24 heavy (non-hydrogen) atoms. The first-order valence-corrected chi connectivity index (χ1v) is 6.69. The lowest BCUT2D eigenvalue weighted by Crippen LogP contribution is -2.58. The molecular formula is C13H17F7O4. The van der Waals surface area contributed by atoms with Crippen LogP contribution < -0.4 is 0 Å². The van der Waals surface area contributed by atoms with E-state index in [1.54, 1.807) is 0 Å². The Hall–Kier alpha value is -1.55. The highest BCUT2D eigenvalue weighted by Gasteiger charge is 2.68. The maximum absolute atomic E-state index is 14.3. The molecule has 0 N–H and O–H groups in total. The van der Waals surface area contributed by atoms with Gasteiger partial charge in [0.05, 0.1) is 5.41 Å². The molecule has 0 aliphatic rings. The number of carbonyl (C=O) groups excluding carboxylic acids is 2. The van der Waals surface area contributed by atoms with Crippen LogP contribution in [0.5, 0.6) is 0 Å². The average molecular weight is 370 g/mol. The number of halogens is 7. The molecule has 0 heterocycles. The minimum Gasteiger partial charge on any atom is -0.458 e. The molecule has 0 saturated heterocycles. The fourth-order valence-corrected chi connectivity index (χ4v) is 1.31. The van der Waals surface area contributed by atoms with Crippen LogP contribution >= 0.6 is 0 Å². The van der Waals surface area contributed by atoms with Crippen molar-refractivity contribution in [1.29, 1.82) is 0 Å². The molecule has 0 amide bonds. The standard InChI is InChI=1S/C13H17F7O4/c1-5-10(3,4)8(21)24-7(2)12(17,13(18,19)20)9(22)23-6-11(14,15)16/h7H,5-6H2,1-4H3. The van der Waals surface area contributed by atoms with Crippen molar-refractivity contribution >= 4 is 11.9 Å². The van der Waals surface area contributed by atoms with Gasteiger partial charge in [-0.15, -0.1) is 0 Å². The van der Waals surface area contributed by atoms with E-state index in [0.29, 0.717) is 6.92 Å². The van der Waals surface area contributed by atoms with Crippen LogP contribution in [0, 0.1) is 5.41 Å². The topological polar surface area (TPSA) is 52.6 Å². The summed E-state index contributed by atoms with van der Waals surface area (Å²) in [5, 5.41) is 0. The Morgan fingerprint density at radius 1 is 0.958 bits per heavy atom. The summed E-state index contributed by atoms with van der Waals surface area (Å²) < 4.78 is 96.5. The Morgan fingerprint density at radius 3 is 1.75 bits per heavy atom. The maximum atomic E-state index is 14.3.